The number of benzene rings is 1. The third-order valence-electron chi connectivity index (χ3n) is 2.17. The van der Waals surface area contributed by atoms with Crippen LogP contribution in [0.4, 0.5) is 0 Å². The van der Waals surface area contributed by atoms with Gasteiger partial charge in [0.2, 0.25) is 0 Å². The average Bonchev–Trinajstić information content (AvgIpc) is 2.16. The zero-order valence-electron chi connectivity index (χ0n) is 9.21. The van der Waals surface area contributed by atoms with Gasteiger partial charge < -0.3 is 15.2 Å². The molecule has 0 aliphatic heterocycles. The van der Waals surface area contributed by atoms with Gasteiger partial charge in [0.1, 0.15) is 5.75 Å². The fourth-order valence-corrected chi connectivity index (χ4v) is 2.09. The van der Waals surface area contributed by atoms with Gasteiger partial charge in [0.25, 0.3) is 0 Å². The van der Waals surface area contributed by atoms with E-state index in [1.807, 2.05) is 19.1 Å². The maximum absolute atomic E-state index is 5.92. The second kappa shape index (κ2) is 5.49. The standard InChI is InChI=1S/C11H16BrNO2/c1-7(13)11-8(6-14-2)4-9(12)5-10(11)15-3/h4-5,7H,6,13H2,1-3H3. The molecule has 4 heteroatoms. The molecule has 84 valence electrons. The Hall–Kier alpha value is -0.580. The molecule has 1 unspecified atom stereocenters. The Labute approximate surface area is 98.7 Å². The maximum Gasteiger partial charge on any atom is 0.125 e. The Balaban J connectivity index is 3.26. The van der Waals surface area contributed by atoms with Gasteiger partial charge in [0.05, 0.1) is 13.7 Å². The first-order chi connectivity index (χ1) is 7.10. The molecule has 0 saturated carbocycles. The summed E-state index contributed by atoms with van der Waals surface area (Å²) in [5.74, 6) is 0.798. The summed E-state index contributed by atoms with van der Waals surface area (Å²) in [6, 6.07) is 3.85. The summed E-state index contributed by atoms with van der Waals surface area (Å²) in [7, 11) is 3.31. The summed E-state index contributed by atoms with van der Waals surface area (Å²) >= 11 is 3.43. The number of hydrogen-bond acceptors (Lipinski definition) is 3. The minimum absolute atomic E-state index is 0.0711. The molecule has 0 radical (unpaired) electrons. The SMILES string of the molecule is COCc1cc(Br)cc(OC)c1C(C)N. The van der Waals surface area contributed by atoms with Gasteiger partial charge in [0.15, 0.2) is 0 Å². The highest BCUT2D eigenvalue weighted by molar-refractivity contribution is 9.10. The fraction of sp³-hybridized carbons (Fsp3) is 0.455. The lowest BCUT2D eigenvalue weighted by Gasteiger charge is -2.17. The summed E-state index contributed by atoms with van der Waals surface area (Å²) in [5.41, 5.74) is 7.98. The van der Waals surface area contributed by atoms with Crippen LogP contribution >= 0.6 is 15.9 Å². The molecular formula is C11H16BrNO2. The van der Waals surface area contributed by atoms with E-state index in [0.29, 0.717) is 6.61 Å². The monoisotopic (exact) mass is 273 g/mol. The van der Waals surface area contributed by atoms with Crippen LogP contribution < -0.4 is 10.5 Å². The summed E-state index contributed by atoms with van der Waals surface area (Å²) in [6.07, 6.45) is 0. The van der Waals surface area contributed by atoms with Gasteiger partial charge in [0, 0.05) is 23.2 Å². The molecule has 0 aliphatic rings. The van der Waals surface area contributed by atoms with Crippen molar-refractivity contribution in [2.75, 3.05) is 14.2 Å². The van der Waals surface area contributed by atoms with Crippen LogP contribution in [0.5, 0.6) is 5.75 Å². The van der Waals surface area contributed by atoms with Crippen molar-refractivity contribution in [1.82, 2.24) is 0 Å². The van der Waals surface area contributed by atoms with Crippen LogP contribution in [0, 0.1) is 0 Å². The molecule has 2 N–H and O–H groups in total. The lowest BCUT2D eigenvalue weighted by molar-refractivity contribution is 0.183. The second-order valence-electron chi connectivity index (χ2n) is 3.40. The van der Waals surface area contributed by atoms with Gasteiger partial charge in [-0.2, -0.15) is 0 Å². The molecule has 0 bridgehead atoms. The third-order valence-corrected chi connectivity index (χ3v) is 2.63. The van der Waals surface area contributed by atoms with E-state index in [0.717, 1.165) is 21.3 Å². The van der Waals surface area contributed by atoms with E-state index in [9.17, 15) is 0 Å². The Kier molecular flexibility index (Phi) is 4.57. The van der Waals surface area contributed by atoms with Gasteiger partial charge >= 0.3 is 0 Å². The van der Waals surface area contributed by atoms with Gasteiger partial charge in [-0.1, -0.05) is 15.9 Å². The van der Waals surface area contributed by atoms with Crippen LogP contribution in [0.2, 0.25) is 0 Å². The summed E-state index contributed by atoms with van der Waals surface area (Å²) < 4.78 is 11.4. The predicted molar refractivity (Wildman–Crippen MR) is 64.0 cm³/mol. The van der Waals surface area contributed by atoms with Crippen LogP contribution in [0.1, 0.15) is 24.1 Å². The van der Waals surface area contributed by atoms with Crippen molar-refractivity contribution in [3.8, 4) is 5.75 Å². The van der Waals surface area contributed by atoms with Crippen molar-refractivity contribution in [3.63, 3.8) is 0 Å². The molecule has 1 rings (SSSR count). The van der Waals surface area contributed by atoms with Crippen LogP contribution in [0.25, 0.3) is 0 Å². The van der Waals surface area contributed by atoms with E-state index in [1.165, 1.54) is 0 Å². The molecule has 0 fully saturated rings. The molecule has 15 heavy (non-hydrogen) atoms. The van der Waals surface area contributed by atoms with Gasteiger partial charge in [-0.25, -0.2) is 0 Å². The molecule has 1 aromatic carbocycles. The molecule has 0 saturated heterocycles. The first kappa shape index (κ1) is 12.5. The summed E-state index contributed by atoms with van der Waals surface area (Å²) in [5, 5.41) is 0. The molecule has 1 aromatic rings. The molecule has 0 aromatic heterocycles. The molecule has 1 atom stereocenters. The quantitative estimate of drug-likeness (QED) is 0.917. The first-order valence-corrected chi connectivity index (χ1v) is 5.50. The smallest absolute Gasteiger partial charge is 0.125 e. The topological polar surface area (TPSA) is 44.5 Å². The average molecular weight is 274 g/mol. The molecule has 0 heterocycles. The molecule has 3 nitrogen and oxygen atoms in total. The Morgan fingerprint density at radius 1 is 1.40 bits per heavy atom. The molecule has 0 amide bonds. The molecule has 0 aliphatic carbocycles. The number of halogens is 1. The zero-order chi connectivity index (χ0) is 11.4. The lowest BCUT2D eigenvalue weighted by atomic mass is 10.0. The van der Waals surface area contributed by atoms with E-state index < -0.39 is 0 Å². The minimum Gasteiger partial charge on any atom is -0.496 e. The van der Waals surface area contributed by atoms with E-state index in [-0.39, 0.29) is 6.04 Å². The van der Waals surface area contributed by atoms with Gasteiger partial charge in [-0.15, -0.1) is 0 Å². The van der Waals surface area contributed by atoms with Crippen LogP contribution in [-0.2, 0) is 11.3 Å². The van der Waals surface area contributed by atoms with Gasteiger partial charge in [-0.05, 0) is 24.6 Å². The second-order valence-corrected chi connectivity index (χ2v) is 4.32. The summed E-state index contributed by atoms with van der Waals surface area (Å²) in [4.78, 5) is 0. The number of methoxy groups -OCH3 is 2. The van der Waals surface area contributed by atoms with E-state index in [4.69, 9.17) is 15.2 Å². The number of nitrogens with two attached hydrogens (primary N) is 1. The first-order valence-electron chi connectivity index (χ1n) is 4.71. The van der Waals surface area contributed by atoms with Crippen molar-refractivity contribution < 1.29 is 9.47 Å². The van der Waals surface area contributed by atoms with E-state index >= 15 is 0 Å². The fourth-order valence-electron chi connectivity index (χ4n) is 1.61. The number of hydrogen-bond donors (Lipinski definition) is 1. The van der Waals surface area contributed by atoms with Crippen LogP contribution in [0.3, 0.4) is 0 Å². The predicted octanol–water partition coefficient (Wildman–Crippen LogP) is 2.62. The zero-order valence-corrected chi connectivity index (χ0v) is 10.8. The van der Waals surface area contributed by atoms with Crippen molar-refractivity contribution in [1.29, 1.82) is 0 Å². The van der Waals surface area contributed by atoms with E-state index in [2.05, 4.69) is 15.9 Å². The van der Waals surface area contributed by atoms with E-state index in [1.54, 1.807) is 14.2 Å². The van der Waals surface area contributed by atoms with Crippen molar-refractivity contribution >= 4 is 15.9 Å². The Morgan fingerprint density at radius 2 is 2.07 bits per heavy atom. The number of ether oxygens (including phenoxy) is 2. The highest BCUT2D eigenvalue weighted by Crippen LogP contribution is 2.31. The minimum atomic E-state index is -0.0711. The van der Waals surface area contributed by atoms with Gasteiger partial charge in [-0.3, -0.25) is 0 Å². The van der Waals surface area contributed by atoms with Crippen molar-refractivity contribution in [3.05, 3.63) is 27.7 Å². The summed E-state index contributed by atoms with van der Waals surface area (Å²) in [6.45, 7) is 2.47. The van der Waals surface area contributed by atoms with Crippen molar-refractivity contribution in [2.24, 2.45) is 5.73 Å². The van der Waals surface area contributed by atoms with Crippen LogP contribution in [0.15, 0.2) is 16.6 Å². The Morgan fingerprint density at radius 3 is 2.53 bits per heavy atom. The lowest BCUT2D eigenvalue weighted by Crippen LogP contribution is -2.11. The largest absolute Gasteiger partial charge is 0.496 e. The molecular weight excluding hydrogens is 258 g/mol. The molecule has 0 spiro atoms. The highest BCUT2D eigenvalue weighted by Gasteiger charge is 2.14. The third kappa shape index (κ3) is 2.93. The Bertz CT molecular complexity index is 340. The maximum atomic E-state index is 5.92. The van der Waals surface area contributed by atoms with Crippen LogP contribution in [-0.4, -0.2) is 14.2 Å². The highest BCUT2D eigenvalue weighted by atomic mass is 79.9. The number of rotatable bonds is 4. The van der Waals surface area contributed by atoms with Crippen molar-refractivity contribution in [2.45, 2.75) is 19.6 Å². The normalized spacial score (nSPS) is 12.6.